The third-order valence-electron chi connectivity index (χ3n) is 8.00. The molecule has 0 bridgehead atoms. The molecule has 216 valence electrons. The summed E-state index contributed by atoms with van der Waals surface area (Å²) in [7, 11) is 1.62. The maximum atomic E-state index is 14.3. The number of benzene rings is 3. The smallest absolute Gasteiger partial charge is 0.284 e. The minimum Gasteiger partial charge on any atom is -0.497 e. The Morgan fingerprint density at radius 3 is 2.35 bits per heavy atom. The average Bonchev–Trinajstić information content (AvgIpc) is 3.81. The molecule has 1 fully saturated rings. The first kappa shape index (κ1) is 26.7. The van der Waals surface area contributed by atoms with Crippen LogP contribution in [-0.2, 0) is 13.1 Å². The lowest BCUT2D eigenvalue weighted by Crippen LogP contribution is -2.24. The van der Waals surface area contributed by atoms with Crippen LogP contribution in [0.3, 0.4) is 0 Å². The second-order valence-electron chi connectivity index (χ2n) is 10.7. The summed E-state index contributed by atoms with van der Waals surface area (Å²) in [6.07, 6.45) is 4.04. The predicted molar refractivity (Wildman–Crippen MR) is 163 cm³/mol. The highest BCUT2D eigenvalue weighted by atomic mass is 16.5. The van der Waals surface area contributed by atoms with Crippen LogP contribution in [0.15, 0.2) is 83.9 Å². The summed E-state index contributed by atoms with van der Waals surface area (Å²) in [6.45, 7) is 5.35. The molecule has 11 nitrogen and oxygen atoms in total. The van der Waals surface area contributed by atoms with Gasteiger partial charge in [0.25, 0.3) is 5.56 Å². The van der Waals surface area contributed by atoms with Gasteiger partial charge in [-0.3, -0.25) is 14.3 Å². The van der Waals surface area contributed by atoms with E-state index in [0.717, 1.165) is 30.9 Å². The quantitative estimate of drug-likeness (QED) is 0.267. The van der Waals surface area contributed by atoms with Gasteiger partial charge in [0.15, 0.2) is 5.52 Å². The molecule has 43 heavy (non-hydrogen) atoms. The van der Waals surface area contributed by atoms with Crippen LogP contribution in [0.1, 0.15) is 29.9 Å². The normalized spacial score (nSPS) is 13.6. The molecule has 1 saturated heterocycles. The molecule has 11 heteroatoms. The molecule has 6 aromatic rings. The van der Waals surface area contributed by atoms with Crippen LogP contribution in [0.2, 0.25) is 0 Å². The van der Waals surface area contributed by atoms with Crippen LogP contribution >= 0.6 is 0 Å². The summed E-state index contributed by atoms with van der Waals surface area (Å²) in [5, 5.41) is 16.2. The number of likely N-dealkylation sites (tertiary alicyclic amines) is 1. The summed E-state index contributed by atoms with van der Waals surface area (Å²) in [4.78, 5) is 21.7. The van der Waals surface area contributed by atoms with E-state index in [1.54, 1.807) is 21.0 Å². The highest BCUT2D eigenvalue weighted by Crippen LogP contribution is 2.28. The van der Waals surface area contributed by atoms with Gasteiger partial charge < -0.3 is 4.74 Å². The van der Waals surface area contributed by atoms with Crippen LogP contribution in [0, 0.1) is 6.92 Å². The molecule has 4 heterocycles. The molecule has 0 amide bonds. The minimum absolute atomic E-state index is 0.212. The van der Waals surface area contributed by atoms with Gasteiger partial charge in [-0.05, 0) is 96.4 Å². The lowest BCUT2D eigenvalue weighted by Gasteiger charge is -2.18. The molecule has 0 aliphatic carbocycles. The van der Waals surface area contributed by atoms with Gasteiger partial charge in [-0.2, -0.15) is 5.10 Å². The van der Waals surface area contributed by atoms with Crippen LogP contribution in [0.5, 0.6) is 5.75 Å². The molecule has 3 aromatic carbocycles. The van der Waals surface area contributed by atoms with Gasteiger partial charge in [-0.15, -0.1) is 5.10 Å². The Labute approximate surface area is 248 Å². The van der Waals surface area contributed by atoms with Crippen molar-refractivity contribution in [1.29, 1.82) is 0 Å². The highest BCUT2D eigenvalue weighted by molar-refractivity contribution is 5.79. The summed E-state index contributed by atoms with van der Waals surface area (Å²) in [5.74, 6) is 1.27. The van der Waals surface area contributed by atoms with Crippen molar-refractivity contribution in [2.45, 2.75) is 32.9 Å². The number of hydrogen-bond donors (Lipinski definition) is 0. The molecule has 0 saturated carbocycles. The van der Waals surface area contributed by atoms with E-state index in [4.69, 9.17) is 14.8 Å². The Bertz CT molecular complexity index is 1940. The summed E-state index contributed by atoms with van der Waals surface area (Å²) >= 11 is 0. The SMILES string of the molecule is COc1ccc(-n2nc(Cn3cnnn3)c3nc(C)n(-c4ccc(-c5ccccc5CN5CCCC5)cc4)c(=O)c32)cc1. The van der Waals surface area contributed by atoms with Gasteiger partial charge >= 0.3 is 0 Å². The number of aromatic nitrogens is 8. The van der Waals surface area contributed by atoms with Crippen LogP contribution < -0.4 is 10.3 Å². The molecule has 3 aromatic heterocycles. The maximum absolute atomic E-state index is 14.3. The number of nitrogens with zero attached hydrogens (tertiary/aromatic N) is 9. The van der Waals surface area contributed by atoms with Crippen LogP contribution in [0.25, 0.3) is 33.5 Å². The average molecular weight is 574 g/mol. The molecule has 0 N–H and O–H groups in total. The number of hydrogen-bond acceptors (Lipinski definition) is 8. The Balaban J connectivity index is 1.31. The number of fused-ring (bicyclic) bond motifs is 1. The highest BCUT2D eigenvalue weighted by Gasteiger charge is 2.22. The Morgan fingerprint density at radius 2 is 1.63 bits per heavy atom. The van der Waals surface area contributed by atoms with Gasteiger partial charge in [0.2, 0.25) is 0 Å². The monoisotopic (exact) mass is 573 g/mol. The molecular formula is C32H31N9O2. The first-order chi connectivity index (χ1) is 21.1. The maximum Gasteiger partial charge on any atom is 0.284 e. The summed E-state index contributed by atoms with van der Waals surface area (Å²) < 4.78 is 10.2. The van der Waals surface area contributed by atoms with E-state index >= 15 is 0 Å². The lowest BCUT2D eigenvalue weighted by molar-refractivity contribution is 0.332. The number of aryl methyl sites for hydroxylation is 1. The molecule has 0 radical (unpaired) electrons. The van der Waals surface area contributed by atoms with Crippen LogP contribution in [-0.4, -0.2) is 64.6 Å². The Morgan fingerprint density at radius 1 is 0.884 bits per heavy atom. The largest absolute Gasteiger partial charge is 0.497 e. The molecule has 7 rings (SSSR count). The second kappa shape index (κ2) is 11.3. The van der Waals surface area contributed by atoms with Crippen molar-refractivity contribution in [3.05, 3.63) is 107 Å². The standard InChI is InChI=1S/C32H31N9O2/c1-22-34-30-29(20-39-21-33-36-37-39)35-41(26-13-15-27(43-2)16-14-26)31(30)32(42)40(22)25-11-9-23(10-12-25)28-8-4-3-7-24(28)19-38-17-5-6-18-38/h3-4,7-16,21H,5-6,17-20H2,1-2H3. The minimum atomic E-state index is -0.212. The predicted octanol–water partition coefficient (Wildman–Crippen LogP) is 4.19. The fraction of sp³-hybridized carbons (Fsp3) is 0.250. The van der Waals surface area contributed by atoms with E-state index in [1.807, 2.05) is 43.3 Å². The number of tetrazole rings is 1. The van der Waals surface area contributed by atoms with Gasteiger partial charge in [-0.25, -0.2) is 14.3 Å². The molecule has 1 aliphatic rings. The lowest BCUT2D eigenvalue weighted by atomic mass is 9.99. The summed E-state index contributed by atoms with van der Waals surface area (Å²) in [5.41, 5.74) is 6.36. The zero-order chi connectivity index (χ0) is 29.3. The van der Waals surface area contributed by atoms with Gasteiger partial charge in [0, 0.05) is 6.54 Å². The van der Waals surface area contributed by atoms with Gasteiger partial charge in [0.05, 0.1) is 25.0 Å². The van der Waals surface area contributed by atoms with Gasteiger partial charge in [0.1, 0.15) is 29.1 Å². The Kier molecular flexibility index (Phi) is 6.99. The van der Waals surface area contributed by atoms with Crippen molar-refractivity contribution in [3.63, 3.8) is 0 Å². The zero-order valence-electron chi connectivity index (χ0n) is 24.1. The fourth-order valence-electron chi connectivity index (χ4n) is 5.87. The Hall–Kier alpha value is -5.16. The zero-order valence-corrected chi connectivity index (χ0v) is 24.1. The molecule has 0 spiro atoms. The van der Waals surface area contributed by atoms with E-state index < -0.39 is 0 Å². The van der Waals surface area contributed by atoms with E-state index in [-0.39, 0.29) is 12.1 Å². The summed E-state index contributed by atoms with van der Waals surface area (Å²) in [6, 6.07) is 24.1. The van der Waals surface area contributed by atoms with Gasteiger partial charge in [-0.1, -0.05) is 36.4 Å². The van der Waals surface area contributed by atoms with Crippen LogP contribution in [0.4, 0.5) is 0 Å². The van der Waals surface area contributed by atoms with Crippen molar-refractivity contribution < 1.29 is 4.74 Å². The third kappa shape index (κ3) is 5.08. The van der Waals surface area contributed by atoms with Crippen molar-refractivity contribution in [1.82, 2.24) is 44.4 Å². The molecule has 1 aliphatic heterocycles. The molecule has 0 atom stereocenters. The topological polar surface area (TPSA) is 109 Å². The van der Waals surface area contributed by atoms with E-state index in [9.17, 15) is 4.79 Å². The van der Waals surface area contributed by atoms with Crippen molar-refractivity contribution in [3.8, 4) is 28.3 Å². The van der Waals surface area contributed by atoms with Crippen molar-refractivity contribution >= 4 is 11.0 Å². The first-order valence-electron chi connectivity index (χ1n) is 14.4. The number of rotatable bonds is 8. The second-order valence-corrected chi connectivity index (χ2v) is 10.7. The molecule has 0 unspecified atom stereocenters. The molecular weight excluding hydrogens is 542 g/mol. The van der Waals surface area contributed by atoms with Crippen molar-refractivity contribution in [2.75, 3.05) is 20.2 Å². The van der Waals surface area contributed by atoms with E-state index in [2.05, 4.69) is 56.8 Å². The number of methoxy groups -OCH3 is 1. The van der Waals surface area contributed by atoms with E-state index in [0.29, 0.717) is 34.0 Å². The van der Waals surface area contributed by atoms with Crippen molar-refractivity contribution in [2.24, 2.45) is 0 Å². The van der Waals surface area contributed by atoms with E-state index in [1.165, 1.54) is 30.3 Å². The number of ether oxygens (including phenoxy) is 1. The third-order valence-corrected chi connectivity index (χ3v) is 8.00. The fourth-order valence-corrected chi connectivity index (χ4v) is 5.87. The first-order valence-corrected chi connectivity index (χ1v) is 14.4.